The Bertz CT molecular complexity index is 905. The van der Waals surface area contributed by atoms with Crippen molar-refractivity contribution < 1.29 is 9.67 Å². The number of aromatic nitrogens is 1. The third-order valence-corrected chi connectivity index (χ3v) is 10.0. The number of aliphatic hydroxyl groups is 1. The molecule has 2 N–H and O–H groups in total. The van der Waals surface area contributed by atoms with Crippen LogP contribution in [0.15, 0.2) is 41.1 Å². The first kappa shape index (κ1) is 21.2. The average molecular weight is 423 g/mol. The van der Waals surface area contributed by atoms with E-state index >= 15 is 0 Å². The summed E-state index contributed by atoms with van der Waals surface area (Å²) in [5.41, 5.74) is 6.81. The topological polar surface area (TPSA) is 48.5 Å². The van der Waals surface area contributed by atoms with E-state index in [9.17, 15) is 5.11 Å². The minimum atomic E-state index is -0.159. The fraction of sp³-hybridized carbons (Fsp3) is 0.704. The highest BCUT2D eigenvalue weighted by atomic mass is 16.3. The van der Waals surface area contributed by atoms with Gasteiger partial charge in [0.2, 0.25) is 0 Å². The third kappa shape index (κ3) is 3.37. The number of anilines is 1. The van der Waals surface area contributed by atoms with Crippen LogP contribution < -0.4 is 9.99 Å². The lowest BCUT2D eigenvalue weighted by molar-refractivity contribution is -0.657. The van der Waals surface area contributed by atoms with Crippen LogP contribution in [0.5, 0.6) is 0 Å². The molecule has 31 heavy (non-hydrogen) atoms. The summed E-state index contributed by atoms with van der Waals surface area (Å²) in [5, 5.41) is 15.2. The molecule has 3 saturated carbocycles. The summed E-state index contributed by atoms with van der Waals surface area (Å²) < 4.78 is 2.07. The molecule has 4 aliphatic rings. The van der Waals surface area contributed by atoms with Gasteiger partial charge in [-0.3, -0.25) is 0 Å². The highest BCUT2D eigenvalue weighted by Gasteiger charge is 2.59. The molecular formula is C27H40N3O+. The Morgan fingerprint density at radius 2 is 1.94 bits per heavy atom. The van der Waals surface area contributed by atoms with Crippen molar-refractivity contribution in [3.63, 3.8) is 0 Å². The molecule has 5 rings (SSSR count). The summed E-state index contributed by atoms with van der Waals surface area (Å²) in [6.45, 7) is 7.09. The molecule has 0 aliphatic heterocycles. The van der Waals surface area contributed by atoms with Crippen LogP contribution in [0.4, 0.5) is 5.82 Å². The van der Waals surface area contributed by atoms with Crippen LogP contribution in [0.1, 0.15) is 72.1 Å². The van der Waals surface area contributed by atoms with Gasteiger partial charge in [0.25, 0.3) is 5.82 Å². The first-order valence-corrected chi connectivity index (χ1v) is 12.5. The lowest BCUT2D eigenvalue weighted by Crippen LogP contribution is -2.51. The number of nitrogens with one attached hydrogen (secondary N) is 1. The molecule has 0 unspecified atom stereocenters. The monoisotopic (exact) mass is 422 g/mol. The van der Waals surface area contributed by atoms with Gasteiger partial charge in [-0.2, -0.15) is 0 Å². The highest BCUT2D eigenvalue weighted by molar-refractivity contribution is 5.97. The van der Waals surface area contributed by atoms with Gasteiger partial charge in [0.15, 0.2) is 0 Å². The molecule has 1 aromatic rings. The van der Waals surface area contributed by atoms with Crippen LogP contribution in [-0.2, 0) is 7.05 Å². The van der Waals surface area contributed by atoms with Gasteiger partial charge in [-0.25, -0.2) is 4.57 Å². The van der Waals surface area contributed by atoms with Crippen molar-refractivity contribution in [2.24, 2.45) is 46.7 Å². The van der Waals surface area contributed by atoms with Gasteiger partial charge >= 0.3 is 0 Å². The molecule has 4 heteroatoms. The number of hydrazone groups is 1. The van der Waals surface area contributed by atoms with E-state index in [0.29, 0.717) is 16.7 Å². The maximum atomic E-state index is 10.4. The zero-order chi connectivity index (χ0) is 21.8. The molecule has 0 bridgehead atoms. The number of hydrogen-bond donors (Lipinski definition) is 2. The number of aryl methyl sites for hydroxylation is 1. The van der Waals surface area contributed by atoms with Crippen molar-refractivity contribution in [3.05, 3.63) is 36.0 Å². The third-order valence-electron chi connectivity index (χ3n) is 10.0. The SMILES string of the molecule is C[C@H](O)[C@H]1CC[C@H]2[C@@H]3CCC4=C/C(=N/Nc5cccc[n+]5C)CC[C@]4(C)[C@H]3CC[C@]12C. The van der Waals surface area contributed by atoms with Gasteiger partial charge in [-0.15, -0.1) is 5.43 Å². The lowest BCUT2D eigenvalue weighted by Gasteiger charge is -2.58. The second kappa shape index (κ2) is 7.72. The predicted octanol–water partition coefficient (Wildman–Crippen LogP) is 5.24. The Morgan fingerprint density at radius 1 is 1.10 bits per heavy atom. The minimum absolute atomic E-state index is 0.159. The van der Waals surface area contributed by atoms with Crippen molar-refractivity contribution >= 4 is 11.5 Å². The molecular weight excluding hydrogens is 382 g/mol. The standard InChI is InChI=1S/C27H39N3O/c1-18(31)22-10-11-23-21-9-8-19-17-20(28-29-25-7-5-6-16-30(25)4)12-14-26(19,2)24(21)13-15-27(22,23)3/h5-7,16-18,21-24,31H,8-15H2,1-4H3/p+1/b28-20+/t18-,21-,22+,23-,24-,26-,27+/m0/s1. The maximum Gasteiger partial charge on any atom is 0.299 e. The summed E-state index contributed by atoms with van der Waals surface area (Å²) in [4.78, 5) is 0. The molecule has 0 amide bonds. The quantitative estimate of drug-likeness (QED) is 0.517. The zero-order valence-corrected chi connectivity index (χ0v) is 19.8. The number of allylic oxidation sites excluding steroid dienone is 2. The van der Waals surface area contributed by atoms with Crippen LogP contribution in [0.2, 0.25) is 0 Å². The number of pyridine rings is 1. The molecule has 4 aliphatic carbocycles. The van der Waals surface area contributed by atoms with Crippen molar-refractivity contribution in [2.45, 2.75) is 78.2 Å². The molecule has 1 heterocycles. The maximum absolute atomic E-state index is 10.4. The first-order valence-electron chi connectivity index (χ1n) is 12.5. The van der Waals surface area contributed by atoms with E-state index in [1.807, 2.05) is 32.3 Å². The van der Waals surface area contributed by atoms with Crippen molar-refractivity contribution in [3.8, 4) is 0 Å². The second-order valence-corrected chi connectivity index (χ2v) is 11.4. The number of nitrogens with zero attached hydrogens (tertiary/aromatic N) is 2. The van der Waals surface area contributed by atoms with Crippen LogP contribution in [0, 0.1) is 34.5 Å². The van der Waals surface area contributed by atoms with Crippen LogP contribution in [0.25, 0.3) is 0 Å². The summed E-state index contributed by atoms with van der Waals surface area (Å²) >= 11 is 0. The van der Waals surface area contributed by atoms with E-state index in [1.54, 1.807) is 5.57 Å². The summed E-state index contributed by atoms with van der Waals surface area (Å²) in [6, 6.07) is 6.15. The Hall–Kier alpha value is -1.68. The Morgan fingerprint density at radius 3 is 2.71 bits per heavy atom. The Kier molecular flexibility index (Phi) is 5.28. The van der Waals surface area contributed by atoms with Gasteiger partial charge in [0.05, 0.1) is 25.1 Å². The second-order valence-electron chi connectivity index (χ2n) is 11.4. The Balaban J connectivity index is 1.36. The fourth-order valence-electron chi connectivity index (χ4n) is 8.26. The fourth-order valence-corrected chi connectivity index (χ4v) is 8.26. The number of aliphatic hydroxyl groups excluding tert-OH is 1. The Labute approximate surface area is 187 Å². The molecule has 1 aromatic heterocycles. The molecule has 0 aromatic carbocycles. The van der Waals surface area contributed by atoms with E-state index in [2.05, 4.69) is 36.0 Å². The van der Waals surface area contributed by atoms with Gasteiger partial charge in [0.1, 0.15) is 0 Å². The van der Waals surface area contributed by atoms with Gasteiger partial charge < -0.3 is 5.11 Å². The van der Waals surface area contributed by atoms with Gasteiger partial charge in [-0.1, -0.05) is 30.6 Å². The van der Waals surface area contributed by atoms with Crippen LogP contribution in [0.3, 0.4) is 0 Å². The van der Waals surface area contributed by atoms with E-state index in [1.165, 1.54) is 50.7 Å². The summed E-state index contributed by atoms with van der Waals surface area (Å²) in [7, 11) is 2.04. The molecule has 3 fully saturated rings. The van der Waals surface area contributed by atoms with Gasteiger partial charge in [-0.05, 0) is 105 Å². The highest BCUT2D eigenvalue weighted by Crippen LogP contribution is 2.66. The molecule has 0 saturated heterocycles. The normalized spacial score (nSPS) is 41.7. The van der Waals surface area contributed by atoms with Crippen LogP contribution in [-0.4, -0.2) is 16.9 Å². The van der Waals surface area contributed by atoms with Crippen molar-refractivity contribution in [1.29, 1.82) is 0 Å². The van der Waals surface area contributed by atoms with E-state index in [-0.39, 0.29) is 6.10 Å². The summed E-state index contributed by atoms with van der Waals surface area (Å²) in [5.74, 6) is 3.97. The predicted molar refractivity (Wildman–Crippen MR) is 126 cm³/mol. The molecule has 4 nitrogen and oxygen atoms in total. The summed E-state index contributed by atoms with van der Waals surface area (Å²) in [6.07, 6.45) is 14.3. The zero-order valence-electron chi connectivity index (χ0n) is 19.8. The molecule has 7 atom stereocenters. The van der Waals surface area contributed by atoms with Crippen LogP contribution >= 0.6 is 0 Å². The average Bonchev–Trinajstić information content (AvgIpc) is 3.10. The lowest BCUT2D eigenvalue weighted by atomic mass is 9.46. The first-order chi connectivity index (χ1) is 14.8. The van der Waals surface area contributed by atoms with Gasteiger partial charge in [0, 0.05) is 6.07 Å². The smallest absolute Gasteiger partial charge is 0.299 e. The molecule has 0 radical (unpaired) electrons. The number of rotatable bonds is 3. The largest absolute Gasteiger partial charge is 0.393 e. The number of hydrogen-bond acceptors (Lipinski definition) is 3. The molecule has 0 spiro atoms. The van der Waals surface area contributed by atoms with Crippen molar-refractivity contribution in [2.75, 3.05) is 5.43 Å². The van der Waals surface area contributed by atoms with E-state index in [0.717, 1.165) is 30.0 Å². The van der Waals surface area contributed by atoms with E-state index in [4.69, 9.17) is 5.10 Å². The van der Waals surface area contributed by atoms with Crippen molar-refractivity contribution in [1.82, 2.24) is 0 Å². The number of fused-ring (bicyclic) bond motifs is 5. The molecule has 168 valence electrons. The minimum Gasteiger partial charge on any atom is -0.393 e. The van der Waals surface area contributed by atoms with E-state index < -0.39 is 0 Å².